The maximum atomic E-state index is 14.5. The van der Waals surface area contributed by atoms with Crippen molar-refractivity contribution < 1.29 is 8.78 Å². The van der Waals surface area contributed by atoms with E-state index in [2.05, 4.69) is 55.0 Å². The van der Waals surface area contributed by atoms with Crippen molar-refractivity contribution in [3.05, 3.63) is 70.3 Å². The zero-order chi connectivity index (χ0) is 19.6. The van der Waals surface area contributed by atoms with E-state index in [-0.39, 0.29) is 6.04 Å². The molecule has 2 aromatic carbocycles. The number of piperazine rings is 1. The van der Waals surface area contributed by atoms with Gasteiger partial charge in [-0.15, -0.1) is 0 Å². The zero-order valence-corrected chi connectivity index (χ0v) is 16.8. The molecule has 0 saturated carbocycles. The highest BCUT2D eigenvalue weighted by Gasteiger charge is 2.28. The number of benzene rings is 2. The lowest BCUT2D eigenvalue weighted by Gasteiger charge is -2.40. The van der Waals surface area contributed by atoms with E-state index >= 15 is 0 Å². The normalized spacial score (nSPS) is 19.0. The van der Waals surface area contributed by atoms with Gasteiger partial charge in [0, 0.05) is 37.8 Å². The summed E-state index contributed by atoms with van der Waals surface area (Å²) >= 11 is 0. The van der Waals surface area contributed by atoms with Crippen molar-refractivity contribution in [2.45, 2.75) is 45.7 Å². The first-order valence-electron chi connectivity index (χ1n) is 9.89. The van der Waals surface area contributed by atoms with Crippen molar-refractivity contribution >= 4 is 0 Å². The van der Waals surface area contributed by atoms with Gasteiger partial charge in [-0.1, -0.05) is 57.2 Å². The summed E-state index contributed by atoms with van der Waals surface area (Å²) in [6.45, 7) is 9.30. The van der Waals surface area contributed by atoms with Gasteiger partial charge >= 0.3 is 0 Å². The molecule has 0 amide bonds. The summed E-state index contributed by atoms with van der Waals surface area (Å²) in [5.41, 5.74) is 3.59. The molecule has 1 unspecified atom stereocenters. The maximum Gasteiger partial charge on any atom is 0.163 e. The second kappa shape index (κ2) is 8.49. The second-order valence-electron chi connectivity index (χ2n) is 7.88. The monoisotopic (exact) mass is 372 g/mol. The molecule has 27 heavy (non-hydrogen) atoms. The van der Waals surface area contributed by atoms with E-state index in [1.807, 2.05) is 6.92 Å². The molecule has 1 aliphatic rings. The lowest BCUT2D eigenvalue weighted by molar-refractivity contribution is 0.0889. The number of hydrogen-bond donors (Lipinski definition) is 0. The highest BCUT2D eigenvalue weighted by molar-refractivity contribution is 5.33. The highest BCUT2D eigenvalue weighted by Crippen LogP contribution is 2.31. The van der Waals surface area contributed by atoms with Gasteiger partial charge in [0.25, 0.3) is 0 Å². The molecule has 3 rings (SSSR count). The van der Waals surface area contributed by atoms with Crippen molar-refractivity contribution in [2.24, 2.45) is 0 Å². The van der Waals surface area contributed by atoms with Gasteiger partial charge < -0.3 is 0 Å². The van der Waals surface area contributed by atoms with Gasteiger partial charge in [-0.2, -0.15) is 0 Å². The number of halogens is 2. The Hall–Kier alpha value is -1.78. The lowest BCUT2D eigenvalue weighted by Crippen LogP contribution is -2.46. The van der Waals surface area contributed by atoms with Gasteiger partial charge in [0.2, 0.25) is 0 Å². The molecule has 4 heteroatoms. The third kappa shape index (κ3) is 4.22. The number of rotatable bonds is 5. The Kier molecular flexibility index (Phi) is 6.28. The number of hydrogen-bond acceptors (Lipinski definition) is 2. The van der Waals surface area contributed by atoms with Crippen LogP contribution < -0.4 is 0 Å². The smallest absolute Gasteiger partial charge is 0.163 e. The van der Waals surface area contributed by atoms with Crippen molar-refractivity contribution in [3.8, 4) is 0 Å². The molecule has 1 heterocycles. The van der Waals surface area contributed by atoms with E-state index in [1.54, 1.807) is 12.1 Å². The molecule has 2 nitrogen and oxygen atoms in total. The van der Waals surface area contributed by atoms with Crippen LogP contribution in [0.1, 0.15) is 55.0 Å². The summed E-state index contributed by atoms with van der Waals surface area (Å²) in [6, 6.07) is 12.3. The van der Waals surface area contributed by atoms with Crippen LogP contribution in [0, 0.1) is 11.6 Å². The molecule has 1 atom stereocenters. The van der Waals surface area contributed by atoms with Crippen molar-refractivity contribution in [1.29, 1.82) is 0 Å². The number of likely N-dealkylation sites (N-methyl/N-ethyl adjacent to an activating group) is 1. The van der Waals surface area contributed by atoms with Crippen LogP contribution in [0.5, 0.6) is 0 Å². The van der Waals surface area contributed by atoms with Gasteiger partial charge in [-0.05, 0) is 36.1 Å². The van der Waals surface area contributed by atoms with Crippen LogP contribution in [0.2, 0.25) is 0 Å². The summed E-state index contributed by atoms with van der Waals surface area (Å²) in [5, 5.41) is 0. The van der Waals surface area contributed by atoms with Gasteiger partial charge in [0.05, 0.1) is 0 Å². The minimum Gasteiger partial charge on any atom is -0.297 e. The minimum atomic E-state index is -0.689. The summed E-state index contributed by atoms with van der Waals surface area (Å²) in [5.74, 6) is -0.920. The Balaban J connectivity index is 1.81. The standard InChI is InChI=1S/C23H30F2N2/c1-5-17-10-11-18(23(25)22(17)24)14-27-13-12-26(4)21(15-27)20-9-7-6-8-19(20)16(2)3/h6-11,16,21H,5,12-15H2,1-4H3. The first-order valence-corrected chi connectivity index (χ1v) is 9.89. The van der Waals surface area contributed by atoms with E-state index in [0.29, 0.717) is 30.0 Å². The topological polar surface area (TPSA) is 6.48 Å². The third-order valence-corrected chi connectivity index (χ3v) is 5.73. The average Bonchev–Trinajstić information content (AvgIpc) is 2.67. The molecule has 0 aliphatic carbocycles. The third-order valence-electron chi connectivity index (χ3n) is 5.73. The van der Waals surface area contributed by atoms with Crippen LogP contribution in [0.15, 0.2) is 36.4 Å². The van der Waals surface area contributed by atoms with E-state index in [0.717, 1.165) is 19.6 Å². The molecule has 0 radical (unpaired) electrons. The van der Waals surface area contributed by atoms with Crippen LogP contribution in [-0.2, 0) is 13.0 Å². The molecule has 0 N–H and O–H groups in total. The van der Waals surface area contributed by atoms with E-state index in [1.165, 1.54) is 11.1 Å². The predicted molar refractivity (Wildman–Crippen MR) is 107 cm³/mol. The van der Waals surface area contributed by atoms with Crippen molar-refractivity contribution in [1.82, 2.24) is 9.80 Å². The van der Waals surface area contributed by atoms with Gasteiger partial charge in [0.1, 0.15) is 0 Å². The van der Waals surface area contributed by atoms with Crippen LogP contribution in [0.3, 0.4) is 0 Å². The van der Waals surface area contributed by atoms with Gasteiger partial charge in [-0.3, -0.25) is 9.80 Å². The minimum absolute atomic E-state index is 0.264. The molecular weight excluding hydrogens is 342 g/mol. The van der Waals surface area contributed by atoms with Crippen LogP contribution in [-0.4, -0.2) is 36.5 Å². The highest BCUT2D eigenvalue weighted by atomic mass is 19.2. The molecule has 1 fully saturated rings. The molecule has 146 valence electrons. The first kappa shape index (κ1) is 20.0. The van der Waals surface area contributed by atoms with E-state index in [4.69, 9.17) is 0 Å². The Labute approximate surface area is 161 Å². The summed E-state index contributed by atoms with van der Waals surface area (Å²) in [6.07, 6.45) is 0.506. The van der Waals surface area contributed by atoms with Gasteiger partial charge in [-0.25, -0.2) is 8.78 Å². The Morgan fingerprint density at radius 2 is 1.67 bits per heavy atom. The van der Waals surface area contributed by atoms with Crippen LogP contribution in [0.25, 0.3) is 0 Å². The van der Waals surface area contributed by atoms with E-state index < -0.39 is 11.6 Å². The average molecular weight is 373 g/mol. The van der Waals surface area contributed by atoms with Crippen molar-refractivity contribution in [3.63, 3.8) is 0 Å². The lowest BCUT2D eigenvalue weighted by atomic mass is 9.91. The van der Waals surface area contributed by atoms with Crippen LogP contribution in [0.4, 0.5) is 8.78 Å². The summed E-state index contributed by atoms with van der Waals surface area (Å²) in [4.78, 5) is 4.61. The fourth-order valence-electron chi connectivity index (χ4n) is 4.02. The number of aryl methyl sites for hydroxylation is 1. The van der Waals surface area contributed by atoms with E-state index in [9.17, 15) is 8.78 Å². The maximum absolute atomic E-state index is 14.5. The van der Waals surface area contributed by atoms with Gasteiger partial charge in [0.15, 0.2) is 11.6 Å². The molecule has 1 saturated heterocycles. The molecular formula is C23H30F2N2. The largest absolute Gasteiger partial charge is 0.297 e. The molecule has 0 aromatic heterocycles. The summed E-state index contributed by atoms with van der Waals surface area (Å²) in [7, 11) is 2.15. The Morgan fingerprint density at radius 1 is 1.00 bits per heavy atom. The number of nitrogens with zero attached hydrogens (tertiary/aromatic N) is 2. The Bertz CT molecular complexity index is 788. The van der Waals surface area contributed by atoms with Crippen LogP contribution >= 0.6 is 0 Å². The fraction of sp³-hybridized carbons (Fsp3) is 0.478. The predicted octanol–water partition coefficient (Wildman–Crippen LogP) is 5.14. The Morgan fingerprint density at radius 3 is 2.37 bits per heavy atom. The zero-order valence-electron chi connectivity index (χ0n) is 16.8. The molecule has 2 aromatic rings. The quantitative estimate of drug-likeness (QED) is 0.717. The van der Waals surface area contributed by atoms with Crippen molar-refractivity contribution in [2.75, 3.05) is 26.7 Å². The SMILES string of the molecule is CCc1ccc(CN2CCN(C)C(c3ccccc3C(C)C)C2)c(F)c1F. The molecule has 0 bridgehead atoms. The second-order valence-corrected chi connectivity index (χ2v) is 7.88. The summed E-state index contributed by atoms with van der Waals surface area (Å²) < 4.78 is 28.6. The molecule has 1 aliphatic heterocycles. The fourth-order valence-corrected chi connectivity index (χ4v) is 4.02. The first-order chi connectivity index (χ1) is 12.9. The molecule has 0 spiro atoms.